The number of hydrogen-bond acceptors (Lipinski definition) is 3. The summed E-state index contributed by atoms with van der Waals surface area (Å²) in [5.41, 5.74) is -0.0827. The third-order valence-corrected chi connectivity index (χ3v) is 5.26. The van der Waals surface area contributed by atoms with Crippen molar-refractivity contribution in [3.05, 3.63) is 16.9 Å². The zero-order valence-corrected chi connectivity index (χ0v) is 14.5. The molecular weight excluding hydrogens is 316 g/mol. The van der Waals surface area contributed by atoms with Crippen LogP contribution in [0.4, 0.5) is 0 Å². The fraction of sp³-hybridized carbons (Fsp3) is 0.688. The second-order valence-corrected chi connectivity index (χ2v) is 8.07. The number of nitrogens with one attached hydrogen (secondary N) is 2. The number of piperidine rings is 1. The lowest BCUT2D eigenvalue weighted by atomic mass is 9.60. The van der Waals surface area contributed by atoms with Crippen LogP contribution in [-0.2, 0) is 10.3 Å². The average molecular weight is 339 g/mol. The molecule has 1 aliphatic carbocycles. The van der Waals surface area contributed by atoms with Gasteiger partial charge in [0, 0.05) is 24.6 Å². The highest BCUT2D eigenvalue weighted by molar-refractivity contribution is 6.33. The quantitative estimate of drug-likeness (QED) is 0.866. The second kappa shape index (κ2) is 5.51. The van der Waals surface area contributed by atoms with Crippen molar-refractivity contribution in [3.8, 4) is 0 Å². The van der Waals surface area contributed by atoms with E-state index in [0.29, 0.717) is 18.0 Å². The van der Waals surface area contributed by atoms with Crippen LogP contribution < -0.4 is 10.6 Å². The standard InChI is InChI=1S/C16H23ClN4O2/c1-15(2,3)21-9-10(17)13(20-21)14(23)19-11-8-18-12(22)7-16(11)5-4-6-16/h9,11H,4-8H2,1-3H3,(H,18,22)(H,19,23). The van der Waals surface area contributed by atoms with Crippen LogP contribution in [0.5, 0.6) is 0 Å². The van der Waals surface area contributed by atoms with Gasteiger partial charge in [-0.25, -0.2) is 0 Å². The van der Waals surface area contributed by atoms with E-state index in [2.05, 4.69) is 15.7 Å². The lowest BCUT2D eigenvalue weighted by Crippen LogP contribution is -2.61. The van der Waals surface area contributed by atoms with E-state index in [1.54, 1.807) is 10.9 Å². The van der Waals surface area contributed by atoms with Crippen LogP contribution in [0.25, 0.3) is 0 Å². The number of aromatic nitrogens is 2. The van der Waals surface area contributed by atoms with E-state index in [0.717, 1.165) is 19.3 Å². The molecule has 0 radical (unpaired) electrons. The van der Waals surface area contributed by atoms with Crippen molar-refractivity contribution >= 4 is 23.4 Å². The third kappa shape index (κ3) is 2.96. The van der Waals surface area contributed by atoms with Crippen LogP contribution in [0, 0.1) is 5.41 Å². The fourth-order valence-corrected chi connectivity index (χ4v) is 3.59. The molecule has 1 aromatic rings. The molecule has 1 spiro atoms. The van der Waals surface area contributed by atoms with Crippen LogP contribution in [-0.4, -0.2) is 34.2 Å². The molecule has 0 bridgehead atoms. The molecule has 2 amide bonds. The normalized spacial score (nSPS) is 23.3. The average Bonchev–Trinajstić information content (AvgIpc) is 2.81. The minimum atomic E-state index is -0.273. The first-order valence-corrected chi connectivity index (χ1v) is 8.42. The Morgan fingerprint density at radius 1 is 1.48 bits per heavy atom. The van der Waals surface area contributed by atoms with Crippen molar-refractivity contribution in [2.45, 2.75) is 58.0 Å². The van der Waals surface area contributed by atoms with Gasteiger partial charge in [0.2, 0.25) is 5.91 Å². The molecule has 1 atom stereocenters. The number of rotatable bonds is 2. The molecule has 2 N–H and O–H groups in total. The molecule has 2 aliphatic rings. The van der Waals surface area contributed by atoms with E-state index in [-0.39, 0.29) is 34.5 Å². The minimum Gasteiger partial charge on any atom is -0.354 e. The van der Waals surface area contributed by atoms with Gasteiger partial charge in [-0.2, -0.15) is 5.10 Å². The number of carbonyl (C=O) groups excluding carboxylic acids is 2. The van der Waals surface area contributed by atoms with E-state index < -0.39 is 0 Å². The maximum Gasteiger partial charge on any atom is 0.273 e. The summed E-state index contributed by atoms with van der Waals surface area (Å²) in [6.07, 6.45) is 5.24. The molecule has 126 valence electrons. The molecule has 23 heavy (non-hydrogen) atoms. The summed E-state index contributed by atoms with van der Waals surface area (Å²) >= 11 is 6.19. The van der Waals surface area contributed by atoms with Crippen LogP contribution in [0.1, 0.15) is 56.9 Å². The first-order valence-electron chi connectivity index (χ1n) is 8.04. The molecular formula is C16H23ClN4O2. The molecule has 1 saturated heterocycles. The Balaban J connectivity index is 1.77. The highest BCUT2D eigenvalue weighted by atomic mass is 35.5. The third-order valence-electron chi connectivity index (χ3n) is 4.98. The summed E-state index contributed by atoms with van der Waals surface area (Å²) in [6, 6.07) is -0.0581. The van der Waals surface area contributed by atoms with Crippen molar-refractivity contribution in [2.24, 2.45) is 5.41 Å². The van der Waals surface area contributed by atoms with E-state index in [1.165, 1.54) is 0 Å². The Morgan fingerprint density at radius 3 is 2.70 bits per heavy atom. The first kappa shape index (κ1) is 16.3. The van der Waals surface area contributed by atoms with E-state index >= 15 is 0 Å². The Morgan fingerprint density at radius 2 is 2.17 bits per heavy atom. The van der Waals surface area contributed by atoms with Gasteiger partial charge in [0.25, 0.3) is 5.91 Å². The monoisotopic (exact) mass is 338 g/mol. The number of hydrogen-bond donors (Lipinski definition) is 2. The van der Waals surface area contributed by atoms with Crippen molar-refractivity contribution in [1.29, 1.82) is 0 Å². The Kier molecular flexibility index (Phi) is 3.91. The van der Waals surface area contributed by atoms with Gasteiger partial charge in [0.05, 0.1) is 16.6 Å². The zero-order valence-electron chi connectivity index (χ0n) is 13.8. The van der Waals surface area contributed by atoms with Gasteiger partial charge >= 0.3 is 0 Å². The topological polar surface area (TPSA) is 76.0 Å². The largest absolute Gasteiger partial charge is 0.354 e. The van der Waals surface area contributed by atoms with Crippen LogP contribution in [0.2, 0.25) is 5.02 Å². The van der Waals surface area contributed by atoms with Gasteiger partial charge in [-0.05, 0) is 33.6 Å². The second-order valence-electron chi connectivity index (χ2n) is 7.66. The molecule has 0 aromatic carbocycles. The molecule has 1 unspecified atom stereocenters. The van der Waals surface area contributed by atoms with Gasteiger partial charge in [0.15, 0.2) is 5.69 Å². The fourth-order valence-electron chi connectivity index (χ4n) is 3.38. The maximum atomic E-state index is 12.6. The summed E-state index contributed by atoms with van der Waals surface area (Å²) in [5.74, 6) is -0.198. The van der Waals surface area contributed by atoms with Crippen molar-refractivity contribution in [3.63, 3.8) is 0 Å². The predicted molar refractivity (Wildman–Crippen MR) is 87.4 cm³/mol. The summed E-state index contributed by atoms with van der Waals surface area (Å²) in [5, 5.41) is 10.6. The maximum absolute atomic E-state index is 12.6. The summed E-state index contributed by atoms with van der Waals surface area (Å²) in [4.78, 5) is 24.3. The minimum absolute atomic E-state index is 0.0581. The highest BCUT2D eigenvalue weighted by Gasteiger charge is 2.48. The Labute approximate surface area is 140 Å². The highest BCUT2D eigenvalue weighted by Crippen LogP contribution is 2.48. The van der Waals surface area contributed by atoms with Gasteiger partial charge in [0.1, 0.15) is 0 Å². The molecule has 7 heteroatoms. The number of carbonyl (C=O) groups is 2. The van der Waals surface area contributed by atoms with Crippen molar-refractivity contribution < 1.29 is 9.59 Å². The van der Waals surface area contributed by atoms with E-state index in [1.807, 2.05) is 20.8 Å². The molecule has 2 fully saturated rings. The predicted octanol–water partition coefficient (Wildman–Crippen LogP) is 2.08. The Hall–Kier alpha value is -1.56. The molecule has 1 saturated carbocycles. The summed E-state index contributed by atoms with van der Waals surface area (Å²) in [7, 11) is 0. The van der Waals surface area contributed by atoms with Crippen LogP contribution in [0.3, 0.4) is 0 Å². The van der Waals surface area contributed by atoms with Crippen molar-refractivity contribution in [1.82, 2.24) is 20.4 Å². The van der Waals surface area contributed by atoms with Crippen LogP contribution in [0.15, 0.2) is 6.20 Å². The number of halogens is 1. The van der Waals surface area contributed by atoms with Crippen molar-refractivity contribution in [2.75, 3.05) is 6.54 Å². The first-order chi connectivity index (χ1) is 10.7. The zero-order chi connectivity index (χ0) is 16.8. The smallest absolute Gasteiger partial charge is 0.273 e. The molecule has 3 rings (SSSR count). The van der Waals surface area contributed by atoms with E-state index in [9.17, 15) is 9.59 Å². The molecule has 1 aromatic heterocycles. The molecule has 1 aliphatic heterocycles. The number of amides is 2. The number of nitrogens with zero attached hydrogens (tertiary/aromatic N) is 2. The molecule has 2 heterocycles. The van der Waals surface area contributed by atoms with Gasteiger partial charge in [-0.15, -0.1) is 0 Å². The van der Waals surface area contributed by atoms with Gasteiger partial charge in [-0.3, -0.25) is 14.3 Å². The lowest BCUT2D eigenvalue weighted by molar-refractivity contribution is -0.129. The Bertz CT molecular complexity index is 643. The summed E-state index contributed by atoms with van der Waals surface area (Å²) in [6.45, 7) is 6.47. The SMILES string of the molecule is CC(C)(C)n1cc(Cl)c(C(=O)NC2CNC(=O)CC23CCC3)n1. The van der Waals surface area contributed by atoms with Crippen LogP contribution >= 0.6 is 11.6 Å². The lowest BCUT2D eigenvalue weighted by Gasteiger charge is -2.50. The van der Waals surface area contributed by atoms with Gasteiger partial charge in [-0.1, -0.05) is 18.0 Å². The summed E-state index contributed by atoms with van der Waals surface area (Å²) < 4.78 is 1.70. The molecule has 6 nitrogen and oxygen atoms in total. The van der Waals surface area contributed by atoms with Gasteiger partial charge < -0.3 is 10.6 Å². The van der Waals surface area contributed by atoms with E-state index in [4.69, 9.17) is 11.6 Å².